The summed E-state index contributed by atoms with van der Waals surface area (Å²) in [6.45, 7) is 1.83. The van der Waals surface area contributed by atoms with Gasteiger partial charge in [0.05, 0.1) is 25.3 Å². The molecule has 0 unspecified atom stereocenters. The second-order valence-corrected chi connectivity index (χ2v) is 4.97. The highest BCUT2D eigenvalue weighted by Gasteiger charge is 2.19. The van der Waals surface area contributed by atoms with Crippen molar-refractivity contribution in [3.63, 3.8) is 0 Å². The number of carbonyl (C=O) groups is 1. The van der Waals surface area contributed by atoms with Gasteiger partial charge in [0, 0.05) is 19.3 Å². The van der Waals surface area contributed by atoms with E-state index in [1.54, 1.807) is 31.1 Å². The largest absolute Gasteiger partial charge is 0.497 e. The minimum absolute atomic E-state index is 0.149. The van der Waals surface area contributed by atoms with Gasteiger partial charge in [0.15, 0.2) is 5.69 Å². The maximum absolute atomic E-state index is 12.3. The van der Waals surface area contributed by atoms with Gasteiger partial charge in [-0.25, -0.2) is 4.68 Å². The van der Waals surface area contributed by atoms with E-state index in [1.165, 1.54) is 4.90 Å². The van der Waals surface area contributed by atoms with E-state index in [-0.39, 0.29) is 11.9 Å². The Labute approximate surface area is 129 Å². The smallest absolute Gasteiger partial charge is 0.274 e. The zero-order valence-corrected chi connectivity index (χ0v) is 12.9. The number of benzene rings is 1. The predicted octanol–water partition coefficient (Wildman–Crippen LogP) is 2.26. The van der Waals surface area contributed by atoms with E-state index in [0.717, 1.165) is 11.4 Å². The fourth-order valence-corrected chi connectivity index (χ4v) is 1.97. The molecule has 0 aliphatic rings. The zero-order valence-electron chi connectivity index (χ0n) is 12.9. The summed E-state index contributed by atoms with van der Waals surface area (Å²) in [5.41, 5.74) is 1.19. The molecule has 1 aromatic carbocycles. The molecule has 0 aliphatic heterocycles. The van der Waals surface area contributed by atoms with Crippen molar-refractivity contribution in [1.29, 1.82) is 5.26 Å². The van der Waals surface area contributed by atoms with E-state index in [4.69, 9.17) is 10.00 Å². The van der Waals surface area contributed by atoms with Gasteiger partial charge in [0.25, 0.3) is 5.91 Å². The first-order chi connectivity index (χ1) is 10.6. The average Bonchev–Trinajstić information content (AvgIpc) is 3.03. The van der Waals surface area contributed by atoms with Crippen LogP contribution in [0.15, 0.2) is 36.5 Å². The first-order valence-corrected chi connectivity index (χ1v) is 6.91. The number of methoxy groups -OCH3 is 1. The molecule has 0 N–H and O–H groups in total. The second-order valence-electron chi connectivity index (χ2n) is 4.97. The number of ether oxygens (including phenoxy) is 1. The van der Waals surface area contributed by atoms with Crippen LogP contribution in [0.25, 0.3) is 5.69 Å². The van der Waals surface area contributed by atoms with Crippen LogP contribution < -0.4 is 4.74 Å². The highest BCUT2D eigenvalue weighted by Crippen LogP contribution is 2.15. The molecule has 0 radical (unpaired) electrons. The van der Waals surface area contributed by atoms with E-state index in [2.05, 4.69) is 11.2 Å². The molecule has 0 bridgehead atoms. The van der Waals surface area contributed by atoms with E-state index in [1.807, 2.05) is 31.2 Å². The van der Waals surface area contributed by atoms with Gasteiger partial charge in [-0.2, -0.15) is 10.4 Å². The molecule has 6 nitrogen and oxygen atoms in total. The van der Waals surface area contributed by atoms with E-state index < -0.39 is 0 Å². The molecule has 0 aliphatic carbocycles. The quantitative estimate of drug-likeness (QED) is 0.849. The number of rotatable bonds is 5. The Balaban J connectivity index is 2.16. The normalized spacial score (nSPS) is 11.5. The van der Waals surface area contributed by atoms with Crippen LogP contribution in [0.4, 0.5) is 0 Å². The number of hydrogen-bond acceptors (Lipinski definition) is 4. The summed E-state index contributed by atoms with van der Waals surface area (Å²) in [5.74, 6) is 0.562. The van der Waals surface area contributed by atoms with Gasteiger partial charge >= 0.3 is 0 Å². The van der Waals surface area contributed by atoms with Crippen LogP contribution >= 0.6 is 0 Å². The van der Waals surface area contributed by atoms with Gasteiger partial charge < -0.3 is 9.64 Å². The number of carbonyl (C=O) groups excluding carboxylic acids is 1. The van der Waals surface area contributed by atoms with Crippen LogP contribution in [0.5, 0.6) is 5.75 Å². The number of aromatic nitrogens is 2. The highest BCUT2D eigenvalue weighted by molar-refractivity contribution is 5.92. The monoisotopic (exact) mass is 298 g/mol. The van der Waals surface area contributed by atoms with E-state index in [0.29, 0.717) is 12.1 Å². The summed E-state index contributed by atoms with van der Waals surface area (Å²) in [4.78, 5) is 13.9. The van der Waals surface area contributed by atoms with Crippen LogP contribution in [-0.4, -0.2) is 40.8 Å². The molecular formula is C16H18N4O2. The van der Waals surface area contributed by atoms with Crippen molar-refractivity contribution in [3.8, 4) is 17.5 Å². The minimum Gasteiger partial charge on any atom is -0.497 e. The maximum Gasteiger partial charge on any atom is 0.274 e. The van der Waals surface area contributed by atoms with Crippen LogP contribution in [0.1, 0.15) is 23.8 Å². The standard InChI is InChI=1S/C16H18N4O2/c1-12(8-10-17)19(2)16(21)15-9-11-20(18-15)13-4-6-14(22-3)7-5-13/h4-7,9,11-12H,8H2,1-3H3/t12-/m0/s1. The van der Waals surface area contributed by atoms with Gasteiger partial charge in [0.1, 0.15) is 5.75 Å². The molecule has 6 heteroatoms. The first-order valence-electron chi connectivity index (χ1n) is 6.91. The van der Waals surface area contributed by atoms with Crippen LogP contribution in [0, 0.1) is 11.3 Å². The van der Waals surface area contributed by atoms with Gasteiger partial charge in [0.2, 0.25) is 0 Å². The lowest BCUT2D eigenvalue weighted by molar-refractivity contribution is 0.0740. The molecule has 1 amide bonds. The molecule has 0 saturated carbocycles. The Morgan fingerprint density at radius 1 is 1.41 bits per heavy atom. The molecule has 2 aromatic rings. The summed E-state index contributed by atoms with van der Waals surface area (Å²) in [6.07, 6.45) is 2.03. The number of hydrogen-bond donors (Lipinski definition) is 0. The minimum atomic E-state index is -0.199. The maximum atomic E-state index is 12.3. The average molecular weight is 298 g/mol. The molecule has 1 atom stereocenters. The molecule has 1 heterocycles. The Kier molecular flexibility index (Phi) is 4.79. The van der Waals surface area contributed by atoms with Crippen LogP contribution in [-0.2, 0) is 0 Å². The summed E-state index contributed by atoms with van der Waals surface area (Å²) >= 11 is 0. The van der Waals surface area contributed by atoms with Crippen molar-refractivity contribution in [3.05, 3.63) is 42.2 Å². The Morgan fingerprint density at radius 2 is 2.09 bits per heavy atom. The summed E-state index contributed by atoms with van der Waals surface area (Å²) in [7, 11) is 3.29. The zero-order chi connectivity index (χ0) is 16.1. The Hall–Kier alpha value is -2.81. The first kappa shape index (κ1) is 15.6. The molecule has 0 saturated heterocycles. The molecule has 114 valence electrons. The summed E-state index contributed by atoms with van der Waals surface area (Å²) < 4.78 is 6.75. The second kappa shape index (κ2) is 6.76. The Morgan fingerprint density at radius 3 is 2.68 bits per heavy atom. The van der Waals surface area contributed by atoms with Crippen molar-refractivity contribution in [2.24, 2.45) is 0 Å². The van der Waals surface area contributed by atoms with E-state index >= 15 is 0 Å². The van der Waals surface area contributed by atoms with Crippen molar-refractivity contribution < 1.29 is 9.53 Å². The molecule has 0 fully saturated rings. The van der Waals surface area contributed by atoms with Gasteiger partial charge in [-0.3, -0.25) is 4.79 Å². The molecular weight excluding hydrogens is 280 g/mol. The topological polar surface area (TPSA) is 71.2 Å². The third kappa shape index (κ3) is 3.26. The summed E-state index contributed by atoms with van der Waals surface area (Å²) in [5, 5.41) is 13.0. The SMILES string of the molecule is COc1ccc(-n2ccc(C(=O)N(C)[C@@H](C)CC#N)n2)cc1. The lowest BCUT2D eigenvalue weighted by Crippen LogP contribution is -2.35. The van der Waals surface area contributed by atoms with Gasteiger partial charge in [-0.15, -0.1) is 0 Å². The number of nitriles is 1. The Bertz CT molecular complexity index is 685. The fraction of sp³-hybridized carbons (Fsp3) is 0.312. The lowest BCUT2D eigenvalue weighted by atomic mass is 10.2. The molecule has 0 spiro atoms. The fourth-order valence-electron chi connectivity index (χ4n) is 1.97. The van der Waals surface area contributed by atoms with Gasteiger partial charge in [-0.05, 0) is 37.3 Å². The van der Waals surface area contributed by atoms with Crippen molar-refractivity contribution in [1.82, 2.24) is 14.7 Å². The van der Waals surface area contributed by atoms with E-state index in [9.17, 15) is 4.79 Å². The molecule has 22 heavy (non-hydrogen) atoms. The van der Waals surface area contributed by atoms with Gasteiger partial charge in [-0.1, -0.05) is 0 Å². The number of amides is 1. The molecule has 1 aromatic heterocycles. The lowest BCUT2D eigenvalue weighted by Gasteiger charge is -2.21. The summed E-state index contributed by atoms with van der Waals surface area (Å²) in [6, 6.07) is 11.0. The third-order valence-corrected chi connectivity index (χ3v) is 3.51. The molecule has 2 rings (SSSR count). The number of nitrogens with zero attached hydrogens (tertiary/aromatic N) is 4. The highest BCUT2D eigenvalue weighted by atomic mass is 16.5. The van der Waals surface area contributed by atoms with Crippen LogP contribution in [0.2, 0.25) is 0 Å². The van der Waals surface area contributed by atoms with Crippen molar-refractivity contribution in [2.45, 2.75) is 19.4 Å². The third-order valence-electron chi connectivity index (χ3n) is 3.51. The predicted molar refractivity (Wildman–Crippen MR) is 81.9 cm³/mol. The van der Waals surface area contributed by atoms with Crippen molar-refractivity contribution in [2.75, 3.05) is 14.2 Å². The van der Waals surface area contributed by atoms with Crippen molar-refractivity contribution >= 4 is 5.91 Å². The van der Waals surface area contributed by atoms with Crippen LogP contribution in [0.3, 0.4) is 0 Å².